The van der Waals surface area contributed by atoms with Gasteiger partial charge in [0, 0.05) is 15.6 Å². The second kappa shape index (κ2) is 9.00. The standard InChI is InChI=1S/C23H14Cl3FN2O/c24-15-10-8-14(18(26)12-15)9-11-22-23(29-21-7-2-1-6-20(21)28-22)30-13-16-17(25)4-3-5-19(16)27/h1-12H,13H2/b11-9-. The normalized spacial score (nSPS) is 11.3. The smallest absolute Gasteiger partial charge is 0.240 e. The summed E-state index contributed by atoms with van der Waals surface area (Å²) < 4.78 is 19.9. The van der Waals surface area contributed by atoms with Crippen LogP contribution in [0.1, 0.15) is 16.8 Å². The second-order valence-electron chi connectivity index (χ2n) is 6.39. The minimum absolute atomic E-state index is 0.0823. The molecule has 0 aliphatic rings. The highest BCUT2D eigenvalue weighted by atomic mass is 35.5. The maximum atomic E-state index is 14.1. The van der Waals surface area contributed by atoms with Crippen LogP contribution in [0.4, 0.5) is 4.39 Å². The second-order valence-corrected chi connectivity index (χ2v) is 7.64. The van der Waals surface area contributed by atoms with Crippen LogP contribution in [0.2, 0.25) is 15.1 Å². The Morgan fingerprint density at radius 3 is 2.33 bits per heavy atom. The van der Waals surface area contributed by atoms with Gasteiger partial charge in [0.15, 0.2) is 0 Å². The third kappa shape index (κ3) is 4.57. The van der Waals surface area contributed by atoms with E-state index in [1.807, 2.05) is 24.3 Å². The molecule has 0 atom stereocenters. The molecule has 150 valence electrons. The van der Waals surface area contributed by atoms with Crippen molar-refractivity contribution >= 4 is 58.0 Å². The van der Waals surface area contributed by atoms with Crippen molar-refractivity contribution in [1.82, 2.24) is 9.97 Å². The van der Waals surface area contributed by atoms with E-state index in [9.17, 15) is 4.39 Å². The zero-order valence-electron chi connectivity index (χ0n) is 15.4. The van der Waals surface area contributed by atoms with E-state index in [0.29, 0.717) is 26.8 Å². The van der Waals surface area contributed by atoms with Gasteiger partial charge in [-0.3, -0.25) is 0 Å². The van der Waals surface area contributed by atoms with Crippen LogP contribution >= 0.6 is 34.8 Å². The van der Waals surface area contributed by atoms with E-state index < -0.39 is 5.82 Å². The first-order valence-electron chi connectivity index (χ1n) is 8.97. The molecule has 0 unspecified atom stereocenters. The van der Waals surface area contributed by atoms with Crippen LogP contribution in [0.3, 0.4) is 0 Å². The number of fused-ring (bicyclic) bond motifs is 1. The first-order valence-corrected chi connectivity index (χ1v) is 10.1. The molecule has 3 nitrogen and oxygen atoms in total. The van der Waals surface area contributed by atoms with Crippen LogP contribution in [-0.4, -0.2) is 9.97 Å². The molecule has 0 saturated heterocycles. The number of ether oxygens (including phenoxy) is 1. The molecule has 30 heavy (non-hydrogen) atoms. The van der Waals surface area contributed by atoms with Gasteiger partial charge >= 0.3 is 0 Å². The van der Waals surface area contributed by atoms with Gasteiger partial charge in [-0.2, -0.15) is 0 Å². The fourth-order valence-corrected chi connectivity index (χ4v) is 3.52. The minimum Gasteiger partial charge on any atom is -0.471 e. The van der Waals surface area contributed by atoms with Crippen LogP contribution in [0.15, 0.2) is 60.7 Å². The zero-order valence-corrected chi connectivity index (χ0v) is 17.7. The molecule has 0 N–H and O–H groups in total. The fraction of sp³-hybridized carbons (Fsp3) is 0.0435. The van der Waals surface area contributed by atoms with E-state index >= 15 is 0 Å². The van der Waals surface area contributed by atoms with Crippen molar-refractivity contribution in [3.63, 3.8) is 0 Å². The lowest BCUT2D eigenvalue weighted by Gasteiger charge is -2.11. The van der Waals surface area contributed by atoms with E-state index in [4.69, 9.17) is 39.5 Å². The molecule has 1 aromatic heterocycles. The molecule has 4 aromatic rings. The molecule has 0 aliphatic carbocycles. The lowest BCUT2D eigenvalue weighted by atomic mass is 10.2. The summed E-state index contributed by atoms with van der Waals surface area (Å²) in [4.78, 5) is 9.17. The van der Waals surface area contributed by atoms with Crippen molar-refractivity contribution in [2.45, 2.75) is 6.61 Å². The topological polar surface area (TPSA) is 35.0 Å². The Morgan fingerprint density at radius 2 is 1.60 bits per heavy atom. The Bertz CT molecular complexity index is 1240. The van der Waals surface area contributed by atoms with E-state index in [2.05, 4.69) is 9.97 Å². The highest BCUT2D eigenvalue weighted by Gasteiger charge is 2.12. The molecule has 7 heteroatoms. The van der Waals surface area contributed by atoms with Gasteiger partial charge in [-0.25, -0.2) is 14.4 Å². The fourth-order valence-electron chi connectivity index (χ4n) is 2.83. The summed E-state index contributed by atoms with van der Waals surface area (Å²) >= 11 is 18.3. The molecule has 0 spiro atoms. The molecular formula is C23H14Cl3FN2O. The Hall–Kier alpha value is -2.66. The van der Waals surface area contributed by atoms with Gasteiger partial charge < -0.3 is 4.74 Å². The van der Waals surface area contributed by atoms with Crippen LogP contribution in [0.25, 0.3) is 23.2 Å². The average molecular weight is 460 g/mol. The SMILES string of the molecule is Fc1cccc(Cl)c1COc1nc2ccccc2nc1/C=C\c1ccc(Cl)cc1Cl. The lowest BCUT2D eigenvalue weighted by Crippen LogP contribution is -2.03. The molecule has 0 amide bonds. The summed E-state index contributed by atoms with van der Waals surface area (Å²) in [5, 5.41) is 1.34. The van der Waals surface area contributed by atoms with E-state index in [1.165, 1.54) is 6.07 Å². The Balaban J connectivity index is 1.71. The van der Waals surface area contributed by atoms with Crippen LogP contribution < -0.4 is 4.74 Å². The first kappa shape index (κ1) is 20.6. The maximum absolute atomic E-state index is 14.1. The van der Waals surface area contributed by atoms with Gasteiger partial charge in [0.1, 0.15) is 18.1 Å². The molecule has 0 fully saturated rings. The lowest BCUT2D eigenvalue weighted by molar-refractivity contribution is 0.287. The number of rotatable bonds is 5. The summed E-state index contributed by atoms with van der Waals surface area (Å²) in [6.45, 7) is -0.0823. The van der Waals surface area contributed by atoms with Gasteiger partial charge in [-0.1, -0.05) is 65.1 Å². The van der Waals surface area contributed by atoms with Crippen molar-refractivity contribution in [2.75, 3.05) is 0 Å². The first-order chi connectivity index (χ1) is 14.5. The maximum Gasteiger partial charge on any atom is 0.240 e. The molecule has 3 aromatic carbocycles. The number of para-hydroxylation sites is 2. The largest absolute Gasteiger partial charge is 0.471 e. The van der Waals surface area contributed by atoms with Gasteiger partial charge in [-0.05, 0) is 48.0 Å². The third-order valence-corrected chi connectivity index (χ3v) is 5.28. The predicted molar refractivity (Wildman–Crippen MR) is 121 cm³/mol. The molecule has 0 aliphatic heterocycles. The Kier molecular flexibility index (Phi) is 6.18. The monoisotopic (exact) mass is 458 g/mol. The highest BCUT2D eigenvalue weighted by Crippen LogP contribution is 2.27. The molecular weight excluding hydrogens is 446 g/mol. The zero-order chi connectivity index (χ0) is 21.1. The van der Waals surface area contributed by atoms with Crippen molar-refractivity contribution < 1.29 is 9.13 Å². The van der Waals surface area contributed by atoms with E-state index in [0.717, 1.165) is 5.56 Å². The Morgan fingerprint density at radius 1 is 0.833 bits per heavy atom. The highest BCUT2D eigenvalue weighted by molar-refractivity contribution is 6.35. The molecule has 0 radical (unpaired) electrons. The molecule has 0 bridgehead atoms. The van der Waals surface area contributed by atoms with Gasteiger partial charge in [0.05, 0.1) is 16.1 Å². The number of hydrogen-bond donors (Lipinski definition) is 0. The third-order valence-electron chi connectivity index (χ3n) is 4.36. The number of hydrogen-bond acceptors (Lipinski definition) is 3. The predicted octanol–water partition coefficient (Wildman–Crippen LogP) is 7.48. The molecule has 1 heterocycles. The van der Waals surface area contributed by atoms with Crippen molar-refractivity contribution in [3.8, 4) is 5.88 Å². The number of aromatic nitrogens is 2. The van der Waals surface area contributed by atoms with Crippen LogP contribution in [0.5, 0.6) is 5.88 Å². The van der Waals surface area contributed by atoms with Gasteiger partial charge in [0.25, 0.3) is 0 Å². The summed E-state index contributed by atoms with van der Waals surface area (Å²) in [7, 11) is 0. The van der Waals surface area contributed by atoms with Gasteiger partial charge in [0.2, 0.25) is 5.88 Å². The molecule has 4 rings (SSSR count). The van der Waals surface area contributed by atoms with E-state index in [-0.39, 0.29) is 23.1 Å². The summed E-state index contributed by atoms with van der Waals surface area (Å²) in [5.41, 5.74) is 2.86. The summed E-state index contributed by atoms with van der Waals surface area (Å²) in [6, 6.07) is 17.1. The van der Waals surface area contributed by atoms with Crippen molar-refractivity contribution in [3.05, 3.63) is 98.4 Å². The van der Waals surface area contributed by atoms with Crippen LogP contribution in [0, 0.1) is 5.82 Å². The van der Waals surface area contributed by atoms with Crippen molar-refractivity contribution in [2.24, 2.45) is 0 Å². The number of nitrogens with zero attached hydrogens (tertiary/aromatic N) is 2. The quantitative estimate of drug-likeness (QED) is 0.310. The van der Waals surface area contributed by atoms with Crippen molar-refractivity contribution in [1.29, 1.82) is 0 Å². The van der Waals surface area contributed by atoms with Crippen LogP contribution in [-0.2, 0) is 6.61 Å². The van der Waals surface area contributed by atoms with E-state index in [1.54, 1.807) is 42.5 Å². The summed E-state index contributed by atoms with van der Waals surface area (Å²) in [6.07, 6.45) is 3.53. The summed E-state index contributed by atoms with van der Waals surface area (Å²) in [5.74, 6) is -0.185. The average Bonchev–Trinajstić information content (AvgIpc) is 2.72. The Labute approximate surface area is 187 Å². The minimum atomic E-state index is -0.443. The van der Waals surface area contributed by atoms with Gasteiger partial charge in [-0.15, -0.1) is 0 Å². The molecule has 0 saturated carbocycles. The number of benzene rings is 3. The number of halogens is 4.